The fourth-order valence-electron chi connectivity index (χ4n) is 8.40. The van der Waals surface area contributed by atoms with Gasteiger partial charge in [0.25, 0.3) is 6.33 Å². The van der Waals surface area contributed by atoms with Crippen LogP contribution in [0.4, 0.5) is 22.7 Å². The maximum absolute atomic E-state index is 3.78. The van der Waals surface area contributed by atoms with Crippen molar-refractivity contribution in [3.05, 3.63) is 218 Å². The summed E-state index contributed by atoms with van der Waals surface area (Å²) in [5.74, 6) is 0. The Labute approximate surface area is 397 Å². The first-order valence-electron chi connectivity index (χ1n) is 21.6. The Morgan fingerprint density at radius 3 is 1.67 bits per heavy atom. The van der Waals surface area contributed by atoms with Crippen LogP contribution in [0.3, 0.4) is 0 Å². The third-order valence-electron chi connectivity index (χ3n) is 11.8. The van der Waals surface area contributed by atoms with E-state index >= 15 is 0 Å². The summed E-state index contributed by atoms with van der Waals surface area (Å²) in [5.41, 5.74) is 15.7. The number of nitrogens with zero attached hydrogens (tertiary/aromatic N) is 4. The zero-order valence-electron chi connectivity index (χ0n) is 36.9. The van der Waals surface area contributed by atoms with E-state index in [-0.39, 0.29) is 31.9 Å². The largest absolute Gasteiger partial charge is 4.00 e. The molecular formula is C58H49N4PtS+. The number of aromatic nitrogens is 2. The molecule has 0 aliphatic carbocycles. The molecule has 316 valence electrons. The van der Waals surface area contributed by atoms with Gasteiger partial charge in [0, 0.05) is 22.6 Å². The van der Waals surface area contributed by atoms with Gasteiger partial charge in [-0.2, -0.15) is 36.4 Å². The van der Waals surface area contributed by atoms with E-state index in [1.54, 1.807) is 11.8 Å². The van der Waals surface area contributed by atoms with Crippen molar-refractivity contribution in [2.75, 3.05) is 9.80 Å². The van der Waals surface area contributed by atoms with E-state index < -0.39 is 0 Å². The minimum atomic E-state index is -0.0178. The van der Waals surface area contributed by atoms with Crippen LogP contribution in [0.2, 0.25) is 0 Å². The maximum atomic E-state index is 3.78. The number of hydrogen-bond donors (Lipinski definition) is 0. The number of imidazole rings is 1. The third-order valence-corrected chi connectivity index (χ3v) is 12.7. The number of rotatable bonds is 8. The first kappa shape index (κ1) is 43.1. The average molecular weight is 1030 g/mol. The van der Waals surface area contributed by atoms with E-state index in [9.17, 15) is 0 Å². The van der Waals surface area contributed by atoms with Crippen LogP contribution in [0.1, 0.15) is 52.7 Å². The molecule has 0 saturated carbocycles. The number of anilines is 4. The Bertz CT molecular complexity index is 3110. The SMILES string of the molecule is CC(C)(C)c1ccc(-c2ccccc2)c(N2[CH-]N(c3[c-]c(Sc4[c-]c(-n5[c-][n+](-c6cc(C(C)(C)C)ccc6-c6ccccc6)c6ccccc65)ccc4)ccc3)c3ccccc32)c1.[Pt+4]. The van der Waals surface area contributed by atoms with Gasteiger partial charge in [-0.15, -0.1) is 46.0 Å². The van der Waals surface area contributed by atoms with Crippen LogP contribution in [-0.2, 0) is 31.9 Å². The van der Waals surface area contributed by atoms with Gasteiger partial charge >= 0.3 is 21.1 Å². The molecular weight excluding hydrogens is 980 g/mol. The standard InChI is InChI=1S/C58H49N4S.Pt/c1-57(2,3)43-31-33-49(41-19-9-7-10-20-41)55(35-43)61-39-59(51-27-13-15-29-53(51)61)45-23-17-25-47(37-45)63-48-26-18-24-46(38-48)60-40-62(54-30-16-14-28-52(54)60)56-36-44(58(4,5)6)32-34-50(56)42-21-11-8-12-22-42;/h7-36,39H,1-6H3;/q-3;+4. The minimum absolute atomic E-state index is 0. The molecule has 4 nitrogen and oxygen atoms in total. The Morgan fingerprint density at radius 2 is 1.02 bits per heavy atom. The Morgan fingerprint density at radius 1 is 0.484 bits per heavy atom. The van der Waals surface area contributed by atoms with Crippen LogP contribution in [-0.4, -0.2) is 4.57 Å². The molecule has 0 atom stereocenters. The van der Waals surface area contributed by atoms with E-state index in [1.165, 1.54) is 27.8 Å². The maximum Gasteiger partial charge on any atom is 4.00 e. The molecule has 2 heterocycles. The summed E-state index contributed by atoms with van der Waals surface area (Å²) in [6.45, 7) is 15.8. The summed E-state index contributed by atoms with van der Waals surface area (Å²) in [6, 6.07) is 72.5. The quantitative estimate of drug-likeness (QED) is 0.111. The predicted molar refractivity (Wildman–Crippen MR) is 262 cm³/mol. The third kappa shape index (κ3) is 8.36. The molecule has 8 aromatic carbocycles. The molecule has 0 spiro atoms. The van der Waals surface area contributed by atoms with Crippen LogP contribution in [0, 0.1) is 25.1 Å². The molecule has 6 heteroatoms. The van der Waals surface area contributed by atoms with Gasteiger partial charge < -0.3 is 14.4 Å². The second-order valence-electron chi connectivity index (χ2n) is 18.2. The normalized spacial score (nSPS) is 12.7. The Hall–Kier alpha value is -6.13. The fourth-order valence-corrected chi connectivity index (χ4v) is 9.24. The van der Waals surface area contributed by atoms with Gasteiger partial charge in [0.1, 0.15) is 0 Å². The van der Waals surface area contributed by atoms with Gasteiger partial charge in [0.2, 0.25) is 0 Å². The van der Waals surface area contributed by atoms with E-state index in [2.05, 4.69) is 268 Å². The Kier molecular flexibility index (Phi) is 11.8. The van der Waals surface area contributed by atoms with E-state index in [1.807, 2.05) is 0 Å². The zero-order valence-corrected chi connectivity index (χ0v) is 40.0. The summed E-state index contributed by atoms with van der Waals surface area (Å²) in [4.78, 5) is 6.60. The van der Waals surface area contributed by atoms with E-state index in [0.717, 1.165) is 60.5 Å². The second-order valence-corrected chi connectivity index (χ2v) is 19.3. The molecule has 1 aromatic heterocycles. The monoisotopic (exact) mass is 1030 g/mol. The van der Waals surface area contributed by atoms with E-state index in [4.69, 9.17) is 0 Å². The number of hydrogen-bond acceptors (Lipinski definition) is 3. The molecule has 64 heavy (non-hydrogen) atoms. The van der Waals surface area contributed by atoms with Crippen molar-refractivity contribution in [3.8, 4) is 33.6 Å². The van der Waals surface area contributed by atoms with Gasteiger partial charge in [-0.1, -0.05) is 163 Å². The summed E-state index contributed by atoms with van der Waals surface area (Å²) < 4.78 is 4.36. The number of benzene rings is 8. The van der Waals surface area contributed by atoms with Crippen molar-refractivity contribution in [2.24, 2.45) is 0 Å². The second kappa shape index (κ2) is 17.4. The summed E-state index contributed by atoms with van der Waals surface area (Å²) in [5, 5.41) is 0. The molecule has 0 fully saturated rings. The first-order valence-corrected chi connectivity index (χ1v) is 22.4. The summed E-state index contributed by atoms with van der Waals surface area (Å²) >= 11 is 1.67. The van der Waals surface area contributed by atoms with Crippen molar-refractivity contribution in [1.82, 2.24) is 4.57 Å². The molecule has 0 unspecified atom stereocenters. The smallest absolute Gasteiger partial charge is 0.493 e. The first-order chi connectivity index (χ1) is 30.5. The molecule has 0 bridgehead atoms. The fraction of sp³-hybridized carbons (Fsp3) is 0.138. The zero-order chi connectivity index (χ0) is 43.3. The molecule has 0 radical (unpaired) electrons. The van der Waals surface area contributed by atoms with Crippen LogP contribution >= 0.6 is 11.8 Å². The minimum Gasteiger partial charge on any atom is -0.493 e. The molecule has 10 rings (SSSR count). The van der Waals surface area contributed by atoms with Crippen LogP contribution in [0.5, 0.6) is 0 Å². The molecule has 1 aliphatic rings. The topological polar surface area (TPSA) is 15.3 Å². The van der Waals surface area contributed by atoms with Crippen LogP contribution in [0.15, 0.2) is 192 Å². The van der Waals surface area contributed by atoms with Gasteiger partial charge in [-0.3, -0.25) is 4.57 Å². The van der Waals surface area contributed by atoms with Crippen LogP contribution < -0.4 is 14.4 Å². The van der Waals surface area contributed by atoms with Crippen molar-refractivity contribution in [1.29, 1.82) is 0 Å². The van der Waals surface area contributed by atoms with Crippen molar-refractivity contribution < 1.29 is 25.6 Å². The van der Waals surface area contributed by atoms with Crippen molar-refractivity contribution in [2.45, 2.75) is 62.2 Å². The van der Waals surface area contributed by atoms with Gasteiger partial charge in [-0.25, -0.2) is 0 Å². The van der Waals surface area contributed by atoms with Gasteiger partial charge in [0.15, 0.2) is 0 Å². The average Bonchev–Trinajstić information content (AvgIpc) is 3.89. The summed E-state index contributed by atoms with van der Waals surface area (Å²) in [7, 11) is 0. The Balaban J connectivity index is 0.00000518. The molecule has 9 aromatic rings. The molecule has 0 N–H and O–H groups in total. The van der Waals surface area contributed by atoms with E-state index in [0.29, 0.717) is 0 Å². The molecule has 0 amide bonds. The van der Waals surface area contributed by atoms with Gasteiger partial charge in [0.05, 0.1) is 16.7 Å². The van der Waals surface area contributed by atoms with Gasteiger partial charge in [-0.05, 0) is 68.6 Å². The predicted octanol–water partition coefficient (Wildman–Crippen LogP) is 14.8. The molecule has 0 saturated heterocycles. The summed E-state index contributed by atoms with van der Waals surface area (Å²) in [6.07, 6.45) is 3.77. The van der Waals surface area contributed by atoms with Crippen LogP contribution in [0.25, 0.3) is 44.7 Å². The molecule has 1 aliphatic heterocycles. The van der Waals surface area contributed by atoms with Crippen molar-refractivity contribution >= 4 is 45.5 Å². The number of fused-ring (bicyclic) bond motifs is 2. The number of para-hydroxylation sites is 4. The van der Waals surface area contributed by atoms with Crippen molar-refractivity contribution in [3.63, 3.8) is 0 Å².